The van der Waals surface area contributed by atoms with Crippen molar-refractivity contribution in [1.82, 2.24) is 5.32 Å². The molecule has 0 aromatic rings. The lowest BCUT2D eigenvalue weighted by Crippen LogP contribution is -2.45. The van der Waals surface area contributed by atoms with E-state index in [1.165, 1.54) is 205 Å². The first-order chi connectivity index (χ1) is 32.0. The van der Waals surface area contributed by atoms with Crippen molar-refractivity contribution in [2.75, 3.05) is 40.9 Å². The average molecular weight is 951 g/mol. The Labute approximate surface area is 410 Å². The van der Waals surface area contributed by atoms with E-state index < -0.39 is 26.6 Å². The number of hydrogen-bond acceptors (Lipinski definition) is 6. The molecule has 8 nitrogen and oxygen atoms in total. The molecule has 0 heterocycles. The molecule has 0 rings (SSSR count). The molecule has 0 aromatic carbocycles. The third-order valence-corrected chi connectivity index (χ3v) is 13.9. The van der Waals surface area contributed by atoms with Gasteiger partial charge in [0.15, 0.2) is 0 Å². The molecule has 3 unspecified atom stereocenters. The Morgan fingerprint density at radius 3 is 1.23 bits per heavy atom. The van der Waals surface area contributed by atoms with Crippen LogP contribution in [0.4, 0.5) is 0 Å². The molecule has 0 saturated carbocycles. The van der Waals surface area contributed by atoms with E-state index in [9.17, 15) is 19.4 Å². The van der Waals surface area contributed by atoms with Crippen molar-refractivity contribution in [1.29, 1.82) is 0 Å². The lowest BCUT2D eigenvalue weighted by molar-refractivity contribution is -0.870. The summed E-state index contributed by atoms with van der Waals surface area (Å²) in [6, 6.07) is -0.905. The molecule has 66 heavy (non-hydrogen) atoms. The Kier molecular flexibility index (Phi) is 47.8. The van der Waals surface area contributed by atoms with Crippen molar-refractivity contribution >= 4 is 13.7 Å². The summed E-state index contributed by atoms with van der Waals surface area (Å²) in [7, 11) is 1.24. The molecule has 3 atom stereocenters. The van der Waals surface area contributed by atoms with Gasteiger partial charge in [0.2, 0.25) is 5.91 Å². The van der Waals surface area contributed by atoms with Crippen LogP contribution in [0.3, 0.4) is 0 Å². The first-order valence-corrected chi connectivity index (χ1v) is 29.8. The molecule has 0 radical (unpaired) electrons. The summed E-state index contributed by atoms with van der Waals surface area (Å²) >= 11 is 0. The van der Waals surface area contributed by atoms with Crippen LogP contribution in [0.1, 0.15) is 271 Å². The van der Waals surface area contributed by atoms with Gasteiger partial charge >= 0.3 is 0 Å². The fourth-order valence-corrected chi connectivity index (χ4v) is 9.21. The van der Waals surface area contributed by atoms with Gasteiger partial charge in [-0.25, -0.2) is 0 Å². The van der Waals surface area contributed by atoms with Crippen LogP contribution in [-0.4, -0.2) is 68.5 Å². The minimum absolute atomic E-state index is 0.00817. The second-order valence-corrected chi connectivity index (χ2v) is 22.1. The van der Waals surface area contributed by atoms with Crippen LogP contribution in [0, 0.1) is 0 Å². The highest BCUT2D eigenvalue weighted by atomic mass is 31.2. The second-order valence-electron chi connectivity index (χ2n) is 20.6. The molecule has 0 aliphatic heterocycles. The smallest absolute Gasteiger partial charge is 0.268 e. The SMILES string of the molecule is C/C=C/CC/C=C/CC/C=C/C(O)C(COP(=O)([O-])OCC[N+](C)(C)C)NC(=O)CCCCCCCCCCCCCCCCCCCCCCCCCCCCCCCCCCCCC. The fourth-order valence-electron chi connectivity index (χ4n) is 8.49. The molecule has 9 heteroatoms. The number of carbonyl (C=O) groups is 1. The van der Waals surface area contributed by atoms with Crippen LogP contribution in [-0.2, 0) is 18.4 Å². The highest BCUT2D eigenvalue weighted by Gasteiger charge is 2.23. The summed E-state index contributed by atoms with van der Waals surface area (Å²) in [4.78, 5) is 25.3. The van der Waals surface area contributed by atoms with Gasteiger partial charge in [0.25, 0.3) is 7.82 Å². The van der Waals surface area contributed by atoms with Crippen LogP contribution in [0.5, 0.6) is 0 Å². The maximum Gasteiger partial charge on any atom is 0.268 e. The first kappa shape index (κ1) is 64.7. The maximum absolute atomic E-state index is 12.9. The summed E-state index contributed by atoms with van der Waals surface area (Å²) in [5.74, 6) is -0.210. The van der Waals surface area contributed by atoms with E-state index in [2.05, 4.69) is 30.5 Å². The zero-order valence-corrected chi connectivity index (χ0v) is 45.3. The number of nitrogens with zero attached hydrogens (tertiary/aromatic N) is 1. The van der Waals surface area contributed by atoms with Crippen molar-refractivity contribution in [3.63, 3.8) is 0 Å². The summed E-state index contributed by atoms with van der Waals surface area (Å²) in [6.45, 7) is 4.40. The number of hydrogen-bond donors (Lipinski definition) is 2. The summed E-state index contributed by atoms with van der Waals surface area (Å²) in [5.41, 5.74) is 0. The Bertz CT molecular complexity index is 1170. The van der Waals surface area contributed by atoms with Crippen LogP contribution in [0.25, 0.3) is 0 Å². The summed E-state index contributed by atoms with van der Waals surface area (Å²) in [5, 5.41) is 13.7. The van der Waals surface area contributed by atoms with Gasteiger partial charge in [-0.15, -0.1) is 0 Å². The number of unbranched alkanes of at least 4 members (excludes halogenated alkanes) is 36. The standard InChI is InChI=1S/C57H111N2O6P/c1-6-8-10-12-14-16-17-18-19-20-21-22-23-24-25-26-27-28-29-30-31-32-33-34-35-36-37-38-39-40-41-43-45-47-49-51-57(61)58-55(54-65-66(62,63)64-53-52-59(3,4)5)56(60)50-48-46-44-42-15-13-11-9-7-2/h7,9,15,42,48,50,55-56,60H,6,8,10-14,16-41,43-47,49,51-54H2,1-5H3,(H-,58,61,62,63)/b9-7+,42-15+,50-48+. The van der Waals surface area contributed by atoms with Crippen molar-refractivity contribution in [2.45, 2.75) is 283 Å². The molecule has 1 amide bonds. The van der Waals surface area contributed by atoms with Crippen molar-refractivity contribution in [2.24, 2.45) is 0 Å². The molecule has 2 N–H and O–H groups in total. The number of phosphoric ester groups is 1. The molecule has 0 spiro atoms. The number of amides is 1. The second kappa shape index (κ2) is 48.7. The molecule has 0 fully saturated rings. The number of allylic oxidation sites excluding steroid dienone is 5. The van der Waals surface area contributed by atoms with E-state index in [1.54, 1.807) is 6.08 Å². The number of carbonyl (C=O) groups excluding carboxylic acids is 1. The monoisotopic (exact) mass is 951 g/mol. The van der Waals surface area contributed by atoms with Crippen LogP contribution in [0.15, 0.2) is 36.5 Å². The van der Waals surface area contributed by atoms with E-state index in [-0.39, 0.29) is 12.5 Å². The van der Waals surface area contributed by atoms with Crippen LogP contribution in [0.2, 0.25) is 0 Å². The maximum atomic E-state index is 12.9. The number of likely N-dealkylation sites (N-methyl/N-ethyl adjacent to an activating group) is 1. The van der Waals surface area contributed by atoms with Crippen molar-refractivity contribution in [3.8, 4) is 0 Å². The minimum Gasteiger partial charge on any atom is -0.756 e. The van der Waals surface area contributed by atoms with Crippen LogP contribution >= 0.6 is 7.82 Å². The predicted molar refractivity (Wildman–Crippen MR) is 284 cm³/mol. The van der Waals surface area contributed by atoms with E-state index >= 15 is 0 Å². The first-order valence-electron chi connectivity index (χ1n) is 28.3. The van der Waals surface area contributed by atoms with E-state index in [0.29, 0.717) is 17.4 Å². The lowest BCUT2D eigenvalue weighted by atomic mass is 10.0. The predicted octanol–water partition coefficient (Wildman–Crippen LogP) is 16.4. The van der Waals surface area contributed by atoms with E-state index in [1.807, 2.05) is 40.2 Å². The zero-order valence-electron chi connectivity index (χ0n) is 44.4. The van der Waals surface area contributed by atoms with Crippen molar-refractivity contribution < 1.29 is 32.9 Å². The van der Waals surface area contributed by atoms with E-state index in [4.69, 9.17) is 9.05 Å². The van der Waals surface area contributed by atoms with Gasteiger partial charge in [-0.3, -0.25) is 9.36 Å². The topological polar surface area (TPSA) is 108 Å². The molecule has 0 aliphatic rings. The lowest BCUT2D eigenvalue weighted by Gasteiger charge is -2.29. The zero-order chi connectivity index (χ0) is 48.5. The molecule has 0 saturated heterocycles. The van der Waals surface area contributed by atoms with Gasteiger partial charge in [-0.2, -0.15) is 0 Å². The summed E-state index contributed by atoms with van der Waals surface area (Å²) < 4.78 is 23.2. The van der Waals surface area contributed by atoms with Gasteiger partial charge in [0.05, 0.1) is 39.9 Å². The number of rotatable bonds is 52. The van der Waals surface area contributed by atoms with Gasteiger partial charge in [0, 0.05) is 6.42 Å². The summed E-state index contributed by atoms with van der Waals surface area (Å²) in [6.07, 6.45) is 62.9. The van der Waals surface area contributed by atoms with Gasteiger partial charge in [-0.05, 0) is 39.0 Å². The minimum atomic E-state index is -4.60. The van der Waals surface area contributed by atoms with Crippen molar-refractivity contribution in [3.05, 3.63) is 36.5 Å². The largest absolute Gasteiger partial charge is 0.756 e. The quantitative estimate of drug-likeness (QED) is 0.0272. The molecule has 0 aromatic heterocycles. The number of aliphatic hydroxyl groups is 1. The molecule has 0 aliphatic carbocycles. The van der Waals surface area contributed by atoms with Crippen LogP contribution < -0.4 is 10.2 Å². The third kappa shape index (κ3) is 50.6. The van der Waals surface area contributed by atoms with E-state index in [0.717, 1.165) is 44.9 Å². The number of phosphoric acid groups is 1. The third-order valence-electron chi connectivity index (χ3n) is 12.9. The molecular formula is C57H111N2O6P. The number of aliphatic hydroxyl groups excluding tert-OH is 1. The normalized spacial score (nSPS) is 14.2. The number of quaternary nitrogens is 1. The highest BCUT2D eigenvalue weighted by molar-refractivity contribution is 7.45. The number of nitrogens with one attached hydrogen (secondary N) is 1. The molecular weight excluding hydrogens is 840 g/mol. The van der Waals surface area contributed by atoms with Gasteiger partial charge in [-0.1, -0.05) is 262 Å². The average Bonchev–Trinajstić information content (AvgIpc) is 3.28. The molecule has 390 valence electrons. The Hall–Kier alpha value is -1.28. The van der Waals surface area contributed by atoms with Gasteiger partial charge < -0.3 is 28.8 Å². The molecule has 0 bridgehead atoms. The Morgan fingerprint density at radius 1 is 0.545 bits per heavy atom. The van der Waals surface area contributed by atoms with Gasteiger partial charge in [0.1, 0.15) is 13.2 Å². The Balaban J connectivity index is 3.84. The highest BCUT2D eigenvalue weighted by Crippen LogP contribution is 2.38. The fraction of sp³-hybridized carbons (Fsp3) is 0.877. The Morgan fingerprint density at radius 2 is 0.879 bits per heavy atom.